The summed E-state index contributed by atoms with van der Waals surface area (Å²) in [5.41, 5.74) is 0.436. The number of sulfonamides is 1. The number of amides is 2. The number of carbonyl (C=O) groups is 2. The van der Waals surface area contributed by atoms with E-state index in [1.165, 1.54) is 23.1 Å². The third-order valence-electron chi connectivity index (χ3n) is 4.60. The summed E-state index contributed by atoms with van der Waals surface area (Å²) in [6.45, 7) is 1.94. The number of primary sulfonamides is 1. The number of nitrogens with one attached hydrogen (secondary N) is 2. The molecule has 2 atom stereocenters. The normalized spacial score (nSPS) is 24.4. The molecule has 8 nitrogen and oxygen atoms in total. The molecule has 2 unspecified atom stereocenters. The molecule has 1 aromatic carbocycles. The van der Waals surface area contributed by atoms with Gasteiger partial charge < -0.3 is 15.5 Å². The highest BCUT2D eigenvalue weighted by atomic mass is 32.2. The molecule has 0 radical (unpaired) electrons. The maximum absolute atomic E-state index is 12.4. The van der Waals surface area contributed by atoms with Gasteiger partial charge in [-0.3, -0.25) is 9.59 Å². The summed E-state index contributed by atoms with van der Waals surface area (Å²) in [5, 5.41) is 11.4. The molecule has 25 heavy (non-hydrogen) atoms. The van der Waals surface area contributed by atoms with Crippen molar-refractivity contribution in [2.24, 2.45) is 11.1 Å². The molecule has 9 heteroatoms. The molecule has 4 N–H and O–H groups in total. The van der Waals surface area contributed by atoms with E-state index in [9.17, 15) is 18.0 Å². The molecule has 3 rings (SSSR count). The number of nitrogens with two attached hydrogens (primary N) is 1. The number of nitrogens with zero attached hydrogens (tertiary/aromatic N) is 1. The summed E-state index contributed by atoms with van der Waals surface area (Å²) < 4.78 is 23.0. The van der Waals surface area contributed by atoms with E-state index in [0.29, 0.717) is 5.69 Å². The van der Waals surface area contributed by atoms with Crippen LogP contribution in [-0.2, 0) is 19.6 Å². The topological polar surface area (TPSA) is 122 Å². The van der Waals surface area contributed by atoms with Crippen LogP contribution >= 0.6 is 0 Å². The quantitative estimate of drug-likeness (QED) is 0.667. The third kappa shape index (κ3) is 4.17. The Kier molecular flexibility index (Phi) is 5.07. The fourth-order valence-electron chi connectivity index (χ4n) is 3.26. The number of hydrogen-bond acceptors (Lipinski definition) is 5. The Balaban J connectivity index is 1.69. The lowest BCUT2D eigenvalue weighted by Crippen LogP contribution is -2.47. The minimum atomic E-state index is -3.85. The van der Waals surface area contributed by atoms with Crippen molar-refractivity contribution < 1.29 is 18.0 Å². The highest BCUT2D eigenvalue weighted by Gasteiger charge is 2.36. The lowest BCUT2D eigenvalue weighted by atomic mass is 10.0. The van der Waals surface area contributed by atoms with Gasteiger partial charge in [-0.2, -0.15) is 0 Å². The molecule has 0 bridgehead atoms. The lowest BCUT2D eigenvalue weighted by Gasteiger charge is -2.25. The molecule has 2 fully saturated rings. The van der Waals surface area contributed by atoms with Crippen LogP contribution in [-0.4, -0.2) is 45.9 Å². The first-order chi connectivity index (χ1) is 11.8. The van der Waals surface area contributed by atoms with Crippen LogP contribution in [0.5, 0.6) is 0 Å². The van der Waals surface area contributed by atoms with Crippen LogP contribution in [0.3, 0.4) is 0 Å². The SMILES string of the molecule is NS(=O)(=O)c1cccc(N2CC(C(=O)NC3CCCNC3)CC2=O)c1. The van der Waals surface area contributed by atoms with Crippen molar-refractivity contribution in [1.82, 2.24) is 10.6 Å². The van der Waals surface area contributed by atoms with Crippen molar-refractivity contribution in [2.45, 2.75) is 30.2 Å². The second-order valence-electron chi connectivity index (χ2n) is 6.50. The van der Waals surface area contributed by atoms with Crippen molar-refractivity contribution in [1.29, 1.82) is 0 Å². The van der Waals surface area contributed by atoms with E-state index in [0.717, 1.165) is 25.9 Å². The average Bonchev–Trinajstić information content (AvgIpc) is 2.97. The molecule has 0 spiro atoms. The molecule has 2 heterocycles. The van der Waals surface area contributed by atoms with Gasteiger partial charge in [0.25, 0.3) is 0 Å². The molecule has 2 aliphatic rings. The number of benzene rings is 1. The van der Waals surface area contributed by atoms with Crippen molar-refractivity contribution >= 4 is 27.5 Å². The zero-order chi connectivity index (χ0) is 18.0. The maximum atomic E-state index is 12.4. The number of carbonyl (C=O) groups excluding carboxylic acids is 2. The van der Waals surface area contributed by atoms with Crippen molar-refractivity contribution in [3.8, 4) is 0 Å². The Morgan fingerprint density at radius 1 is 1.36 bits per heavy atom. The van der Waals surface area contributed by atoms with Gasteiger partial charge >= 0.3 is 0 Å². The van der Waals surface area contributed by atoms with Gasteiger partial charge in [-0.1, -0.05) is 6.07 Å². The van der Waals surface area contributed by atoms with E-state index in [4.69, 9.17) is 5.14 Å². The van der Waals surface area contributed by atoms with Crippen LogP contribution in [0.15, 0.2) is 29.2 Å². The van der Waals surface area contributed by atoms with Crippen molar-refractivity contribution in [3.63, 3.8) is 0 Å². The van der Waals surface area contributed by atoms with Gasteiger partial charge in [-0.25, -0.2) is 13.6 Å². The van der Waals surface area contributed by atoms with Crippen LogP contribution in [0, 0.1) is 5.92 Å². The number of piperidine rings is 1. The minimum Gasteiger partial charge on any atom is -0.352 e. The molecule has 0 saturated carbocycles. The Morgan fingerprint density at radius 3 is 2.84 bits per heavy atom. The lowest BCUT2D eigenvalue weighted by molar-refractivity contribution is -0.127. The molecule has 2 saturated heterocycles. The molecule has 1 aromatic rings. The van der Waals surface area contributed by atoms with E-state index in [-0.39, 0.29) is 35.7 Å². The summed E-state index contributed by atoms with van der Waals surface area (Å²) in [4.78, 5) is 26.1. The van der Waals surface area contributed by atoms with Crippen LogP contribution < -0.4 is 20.7 Å². The Bertz CT molecular complexity index is 774. The maximum Gasteiger partial charge on any atom is 0.238 e. The molecule has 0 aliphatic carbocycles. The van der Waals surface area contributed by atoms with Gasteiger partial charge in [-0.05, 0) is 37.6 Å². The first-order valence-electron chi connectivity index (χ1n) is 8.29. The van der Waals surface area contributed by atoms with Gasteiger partial charge in [0.1, 0.15) is 0 Å². The zero-order valence-electron chi connectivity index (χ0n) is 13.8. The number of anilines is 1. The first-order valence-corrected chi connectivity index (χ1v) is 9.83. The fraction of sp³-hybridized carbons (Fsp3) is 0.500. The average molecular weight is 366 g/mol. The van der Waals surface area contributed by atoms with E-state index in [2.05, 4.69) is 10.6 Å². The number of rotatable bonds is 4. The monoisotopic (exact) mass is 366 g/mol. The van der Waals surface area contributed by atoms with E-state index in [1.807, 2.05) is 0 Å². The molecule has 2 aliphatic heterocycles. The second kappa shape index (κ2) is 7.11. The Labute approximate surface area is 146 Å². The predicted molar refractivity (Wildman–Crippen MR) is 92.3 cm³/mol. The van der Waals surface area contributed by atoms with E-state index in [1.54, 1.807) is 6.07 Å². The highest BCUT2D eigenvalue weighted by Crippen LogP contribution is 2.27. The predicted octanol–water partition coefficient (Wildman–Crippen LogP) is -0.445. The summed E-state index contributed by atoms with van der Waals surface area (Å²) in [6.07, 6.45) is 2.06. The van der Waals surface area contributed by atoms with Crippen molar-refractivity contribution in [2.75, 3.05) is 24.5 Å². The van der Waals surface area contributed by atoms with E-state index >= 15 is 0 Å². The van der Waals surface area contributed by atoms with Gasteiger partial charge in [0.15, 0.2) is 0 Å². The number of hydrogen-bond donors (Lipinski definition) is 3. The largest absolute Gasteiger partial charge is 0.352 e. The first kappa shape index (κ1) is 17.8. The smallest absolute Gasteiger partial charge is 0.238 e. The standard InChI is InChI=1S/C16H22N4O4S/c17-25(23,24)14-5-1-4-13(8-14)20-10-11(7-15(20)21)16(22)19-12-3-2-6-18-9-12/h1,4-5,8,11-12,18H,2-3,6-7,9-10H2,(H,19,22)(H2,17,23,24). The van der Waals surface area contributed by atoms with Crippen molar-refractivity contribution in [3.05, 3.63) is 24.3 Å². The third-order valence-corrected chi connectivity index (χ3v) is 5.51. The molecule has 0 aromatic heterocycles. The van der Waals surface area contributed by atoms with E-state index < -0.39 is 15.9 Å². The molecular formula is C16H22N4O4S. The van der Waals surface area contributed by atoms with Crippen LogP contribution in [0.1, 0.15) is 19.3 Å². The van der Waals surface area contributed by atoms with Crippen LogP contribution in [0.25, 0.3) is 0 Å². The molecule has 2 amide bonds. The Hall–Kier alpha value is -1.97. The van der Waals surface area contributed by atoms with Gasteiger partial charge in [0, 0.05) is 31.2 Å². The summed E-state index contributed by atoms with van der Waals surface area (Å²) in [6, 6.07) is 6.00. The Morgan fingerprint density at radius 2 is 2.16 bits per heavy atom. The summed E-state index contributed by atoms with van der Waals surface area (Å²) in [7, 11) is -3.85. The fourth-order valence-corrected chi connectivity index (χ4v) is 3.81. The molecule has 136 valence electrons. The second-order valence-corrected chi connectivity index (χ2v) is 8.06. The highest BCUT2D eigenvalue weighted by molar-refractivity contribution is 7.89. The summed E-state index contributed by atoms with van der Waals surface area (Å²) in [5.74, 6) is -0.770. The summed E-state index contributed by atoms with van der Waals surface area (Å²) >= 11 is 0. The van der Waals surface area contributed by atoms with Gasteiger partial charge in [0.2, 0.25) is 21.8 Å². The zero-order valence-corrected chi connectivity index (χ0v) is 14.6. The molecular weight excluding hydrogens is 344 g/mol. The van der Waals surface area contributed by atoms with Crippen LogP contribution in [0.2, 0.25) is 0 Å². The van der Waals surface area contributed by atoms with Crippen LogP contribution in [0.4, 0.5) is 5.69 Å². The van der Waals surface area contributed by atoms with Gasteiger partial charge in [0.05, 0.1) is 10.8 Å². The van der Waals surface area contributed by atoms with Gasteiger partial charge in [-0.15, -0.1) is 0 Å². The minimum absolute atomic E-state index is 0.0565.